The Balaban J connectivity index is 1.82. The fourth-order valence-electron chi connectivity index (χ4n) is 3.77. The number of benzene rings is 2. The molecule has 1 atom stereocenters. The first-order valence-electron chi connectivity index (χ1n) is 9.80. The third-order valence-corrected chi connectivity index (χ3v) is 6.52. The fourth-order valence-corrected chi connectivity index (χ4v) is 4.14. The molecule has 7 heteroatoms. The lowest BCUT2D eigenvalue weighted by Gasteiger charge is -2.34. The molecule has 1 N–H and O–H groups in total. The van der Waals surface area contributed by atoms with Crippen LogP contribution in [0.15, 0.2) is 42.5 Å². The summed E-state index contributed by atoms with van der Waals surface area (Å²) < 4.78 is 2.17. The van der Waals surface area contributed by atoms with E-state index in [0.717, 1.165) is 43.2 Å². The maximum absolute atomic E-state index is 11.4. The zero-order valence-corrected chi connectivity index (χ0v) is 17.8. The highest BCUT2D eigenvalue weighted by atomic mass is 32.2. The van der Waals surface area contributed by atoms with Gasteiger partial charge >= 0.3 is 5.97 Å². The Kier molecular flexibility index (Phi) is 5.52. The standard InChI is InChI=1S/C22H26N4O2S/c1-15(29-3)21-23-19-13-16(22(27)28)7-8-20(19)26(21)18-6-4-5-17(14-18)25-11-9-24(2)10-12-25/h4-8,13-15H,9-12H2,1-3H3,(H,27,28). The number of likely N-dealkylation sites (N-methyl/N-ethyl adjacent to an activating group) is 1. The van der Waals surface area contributed by atoms with E-state index in [1.807, 2.05) is 6.07 Å². The van der Waals surface area contributed by atoms with Gasteiger partial charge in [-0.25, -0.2) is 9.78 Å². The summed E-state index contributed by atoms with van der Waals surface area (Å²) in [6, 6.07) is 13.7. The van der Waals surface area contributed by atoms with Gasteiger partial charge in [0.05, 0.1) is 21.8 Å². The maximum atomic E-state index is 11.4. The van der Waals surface area contributed by atoms with Crippen LogP contribution in [-0.2, 0) is 0 Å². The lowest BCUT2D eigenvalue weighted by Crippen LogP contribution is -2.44. The molecule has 1 aromatic heterocycles. The predicted molar refractivity (Wildman–Crippen MR) is 120 cm³/mol. The fraction of sp³-hybridized carbons (Fsp3) is 0.364. The molecule has 1 fully saturated rings. The molecule has 1 aliphatic heterocycles. The molecule has 3 aromatic rings. The Morgan fingerprint density at radius 3 is 2.52 bits per heavy atom. The summed E-state index contributed by atoms with van der Waals surface area (Å²) in [5.41, 5.74) is 4.18. The number of hydrogen-bond acceptors (Lipinski definition) is 5. The van der Waals surface area contributed by atoms with Crippen molar-refractivity contribution in [2.24, 2.45) is 0 Å². The summed E-state index contributed by atoms with van der Waals surface area (Å²) in [7, 11) is 2.16. The molecule has 2 heterocycles. The van der Waals surface area contributed by atoms with Crippen molar-refractivity contribution in [3.8, 4) is 5.69 Å². The molecule has 1 aliphatic rings. The van der Waals surface area contributed by atoms with Crippen molar-refractivity contribution in [1.82, 2.24) is 14.5 Å². The largest absolute Gasteiger partial charge is 0.478 e. The van der Waals surface area contributed by atoms with Gasteiger partial charge in [-0.05, 0) is 56.6 Å². The van der Waals surface area contributed by atoms with E-state index in [9.17, 15) is 9.90 Å². The molecule has 0 radical (unpaired) electrons. The van der Waals surface area contributed by atoms with Gasteiger partial charge in [-0.1, -0.05) is 6.07 Å². The molecule has 1 unspecified atom stereocenters. The van der Waals surface area contributed by atoms with E-state index in [2.05, 4.69) is 58.9 Å². The van der Waals surface area contributed by atoms with E-state index >= 15 is 0 Å². The van der Waals surface area contributed by atoms with Crippen molar-refractivity contribution < 1.29 is 9.90 Å². The smallest absolute Gasteiger partial charge is 0.335 e. The van der Waals surface area contributed by atoms with Crippen LogP contribution in [0.3, 0.4) is 0 Å². The highest BCUT2D eigenvalue weighted by Crippen LogP contribution is 2.33. The molecule has 0 saturated carbocycles. The number of fused-ring (bicyclic) bond motifs is 1. The predicted octanol–water partition coefficient (Wildman–Crippen LogP) is 3.90. The Morgan fingerprint density at radius 1 is 1.10 bits per heavy atom. The number of aromatic carboxylic acids is 1. The summed E-state index contributed by atoms with van der Waals surface area (Å²) in [5, 5.41) is 9.53. The Labute approximate surface area is 175 Å². The molecule has 0 spiro atoms. The Morgan fingerprint density at radius 2 is 1.83 bits per heavy atom. The number of imidazole rings is 1. The molecular weight excluding hydrogens is 384 g/mol. The van der Waals surface area contributed by atoms with Gasteiger partial charge in [0.1, 0.15) is 5.82 Å². The molecular formula is C22H26N4O2S. The molecule has 1 saturated heterocycles. The van der Waals surface area contributed by atoms with E-state index in [1.165, 1.54) is 5.69 Å². The van der Waals surface area contributed by atoms with Crippen LogP contribution in [0.4, 0.5) is 5.69 Å². The number of rotatable bonds is 5. The number of thioether (sulfide) groups is 1. The minimum atomic E-state index is -0.932. The van der Waals surface area contributed by atoms with Crippen LogP contribution in [0, 0.1) is 0 Å². The molecule has 29 heavy (non-hydrogen) atoms. The number of aromatic nitrogens is 2. The number of carboxylic acid groups (broad SMARTS) is 1. The number of piperazine rings is 1. The first-order chi connectivity index (χ1) is 14.0. The van der Waals surface area contributed by atoms with Crippen LogP contribution >= 0.6 is 11.8 Å². The summed E-state index contributed by atoms with van der Waals surface area (Å²) in [6.07, 6.45) is 2.07. The number of hydrogen-bond donors (Lipinski definition) is 1. The Bertz CT molecular complexity index is 1040. The van der Waals surface area contributed by atoms with Crippen molar-refractivity contribution in [2.75, 3.05) is 44.4 Å². The van der Waals surface area contributed by atoms with E-state index < -0.39 is 5.97 Å². The number of carboxylic acids is 1. The van der Waals surface area contributed by atoms with E-state index in [4.69, 9.17) is 4.98 Å². The van der Waals surface area contributed by atoms with Crippen molar-refractivity contribution >= 4 is 34.5 Å². The first kappa shape index (κ1) is 19.8. The number of carbonyl (C=O) groups is 1. The SMILES string of the molecule is CSC(C)c1nc2cc(C(=O)O)ccc2n1-c1cccc(N2CCN(C)CC2)c1. The summed E-state index contributed by atoms with van der Waals surface area (Å²) >= 11 is 1.73. The normalized spacial score (nSPS) is 16.3. The minimum Gasteiger partial charge on any atom is -0.478 e. The maximum Gasteiger partial charge on any atom is 0.335 e. The topological polar surface area (TPSA) is 61.6 Å². The zero-order valence-electron chi connectivity index (χ0n) is 17.0. The van der Waals surface area contributed by atoms with Crippen LogP contribution in [0.1, 0.15) is 28.4 Å². The molecule has 4 rings (SSSR count). The van der Waals surface area contributed by atoms with Gasteiger partial charge in [-0.2, -0.15) is 11.8 Å². The van der Waals surface area contributed by atoms with Gasteiger partial charge in [-0.15, -0.1) is 0 Å². The van der Waals surface area contributed by atoms with Crippen molar-refractivity contribution in [3.63, 3.8) is 0 Å². The second-order valence-corrected chi connectivity index (χ2v) is 8.68. The lowest BCUT2D eigenvalue weighted by atomic mass is 10.2. The van der Waals surface area contributed by atoms with Gasteiger partial charge in [0.2, 0.25) is 0 Å². The minimum absolute atomic E-state index is 0.183. The van der Waals surface area contributed by atoms with Gasteiger partial charge < -0.3 is 14.9 Å². The second-order valence-electron chi connectivity index (χ2n) is 7.50. The van der Waals surface area contributed by atoms with E-state index in [0.29, 0.717) is 5.52 Å². The van der Waals surface area contributed by atoms with Gasteiger partial charge in [0.25, 0.3) is 0 Å². The zero-order chi connectivity index (χ0) is 20.5. The molecule has 6 nitrogen and oxygen atoms in total. The Hall–Kier alpha value is -2.51. The van der Waals surface area contributed by atoms with Crippen LogP contribution in [0.2, 0.25) is 0 Å². The lowest BCUT2D eigenvalue weighted by molar-refractivity contribution is 0.0697. The number of nitrogens with zero attached hydrogens (tertiary/aromatic N) is 4. The van der Waals surface area contributed by atoms with Crippen molar-refractivity contribution in [1.29, 1.82) is 0 Å². The summed E-state index contributed by atoms with van der Waals surface area (Å²) in [6.45, 7) is 6.28. The van der Waals surface area contributed by atoms with Crippen LogP contribution in [0.5, 0.6) is 0 Å². The van der Waals surface area contributed by atoms with E-state index in [-0.39, 0.29) is 10.8 Å². The first-order valence-corrected chi connectivity index (χ1v) is 11.1. The van der Waals surface area contributed by atoms with Crippen LogP contribution in [-0.4, -0.2) is 65.0 Å². The van der Waals surface area contributed by atoms with Crippen molar-refractivity contribution in [3.05, 3.63) is 53.9 Å². The molecule has 0 bridgehead atoms. The number of anilines is 1. The molecule has 2 aromatic carbocycles. The molecule has 0 aliphatic carbocycles. The monoisotopic (exact) mass is 410 g/mol. The second kappa shape index (κ2) is 8.08. The quantitative estimate of drug-likeness (QED) is 0.688. The highest BCUT2D eigenvalue weighted by molar-refractivity contribution is 7.98. The average Bonchev–Trinajstić information content (AvgIpc) is 3.12. The third-order valence-electron chi connectivity index (χ3n) is 5.60. The molecule has 152 valence electrons. The van der Waals surface area contributed by atoms with Crippen molar-refractivity contribution in [2.45, 2.75) is 12.2 Å². The van der Waals surface area contributed by atoms with Gasteiger partial charge in [-0.3, -0.25) is 4.57 Å². The average molecular weight is 411 g/mol. The van der Waals surface area contributed by atoms with Gasteiger partial charge in [0, 0.05) is 37.6 Å². The van der Waals surface area contributed by atoms with Crippen LogP contribution in [0.25, 0.3) is 16.7 Å². The third kappa shape index (κ3) is 3.84. The van der Waals surface area contributed by atoms with Crippen LogP contribution < -0.4 is 4.90 Å². The summed E-state index contributed by atoms with van der Waals surface area (Å²) in [4.78, 5) is 21.0. The summed E-state index contributed by atoms with van der Waals surface area (Å²) in [5.74, 6) is 0.00328. The molecule has 0 amide bonds. The van der Waals surface area contributed by atoms with Gasteiger partial charge in [0.15, 0.2) is 0 Å². The highest BCUT2D eigenvalue weighted by Gasteiger charge is 2.20. The van der Waals surface area contributed by atoms with E-state index in [1.54, 1.807) is 23.9 Å².